The van der Waals surface area contributed by atoms with Crippen LogP contribution < -0.4 is 16.0 Å². The Bertz CT molecular complexity index is 1880. The van der Waals surface area contributed by atoms with Gasteiger partial charge in [-0.3, -0.25) is 19.2 Å². The van der Waals surface area contributed by atoms with Gasteiger partial charge in [-0.15, -0.1) is 11.3 Å². The van der Waals surface area contributed by atoms with Crippen LogP contribution in [0.1, 0.15) is 90.7 Å². The number of oxime groups is 1. The van der Waals surface area contributed by atoms with Gasteiger partial charge in [0.15, 0.2) is 11.7 Å². The largest absolute Gasteiger partial charge is 0.387 e. The summed E-state index contributed by atoms with van der Waals surface area (Å²) >= 11 is 7.89. The van der Waals surface area contributed by atoms with E-state index in [1.54, 1.807) is 17.4 Å². The highest BCUT2D eigenvalue weighted by molar-refractivity contribution is 7.17. The molecule has 0 bridgehead atoms. The predicted octanol–water partition coefficient (Wildman–Crippen LogP) is 6.40. The molecule has 0 radical (unpaired) electrons. The Morgan fingerprint density at radius 1 is 1.13 bits per heavy atom. The number of carbonyl (C=O) groups is 4. The number of thiophene rings is 1. The van der Waals surface area contributed by atoms with Crippen molar-refractivity contribution in [2.24, 2.45) is 17.0 Å². The van der Waals surface area contributed by atoms with Gasteiger partial charge in [-0.2, -0.15) is 0 Å². The monoisotopic (exact) mass is 791 g/mol. The zero-order valence-electron chi connectivity index (χ0n) is 32.4. The average Bonchev–Trinajstić information content (AvgIpc) is 3.55. The van der Waals surface area contributed by atoms with E-state index in [9.17, 15) is 19.2 Å². The maximum Gasteiger partial charge on any atom is 0.251 e. The molecule has 6 rings (SSSR count). The van der Waals surface area contributed by atoms with Crippen LogP contribution in [0.3, 0.4) is 0 Å². The minimum Gasteiger partial charge on any atom is -0.387 e. The van der Waals surface area contributed by atoms with E-state index >= 15 is 0 Å². The number of ether oxygens (including phenoxy) is 1. The maximum absolute atomic E-state index is 14.7. The van der Waals surface area contributed by atoms with E-state index in [-0.39, 0.29) is 37.4 Å². The minimum atomic E-state index is -0.989. The van der Waals surface area contributed by atoms with E-state index in [2.05, 4.69) is 41.9 Å². The molecule has 3 N–H and O–H groups in total. The Morgan fingerprint density at radius 2 is 1.91 bits per heavy atom. The number of rotatable bonds is 18. The highest BCUT2D eigenvalue weighted by Gasteiger charge is 2.55. The van der Waals surface area contributed by atoms with Gasteiger partial charge < -0.3 is 30.4 Å². The van der Waals surface area contributed by atoms with Crippen molar-refractivity contribution >= 4 is 62.9 Å². The van der Waals surface area contributed by atoms with Gasteiger partial charge in [0.1, 0.15) is 12.1 Å². The van der Waals surface area contributed by atoms with Gasteiger partial charge in [0.25, 0.3) is 5.91 Å². The number of benzene rings is 2. The van der Waals surface area contributed by atoms with Crippen LogP contribution in [0.5, 0.6) is 0 Å². The molecule has 3 heterocycles. The summed E-state index contributed by atoms with van der Waals surface area (Å²) in [5.74, 6) is -0.224. The van der Waals surface area contributed by atoms with Crippen molar-refractivity contribution in [3.8, 4) is 0 Å². The maximum atomic E-state index is 14.7. The third-order valence-electron chi connectivity index (χ3n) is 11.2. The molecule has 1 saturated carbocycles. The molecule has 2 aromatic carbocycles. The SMILES string of the molecule is CCCC(NC(=O)C1CC2(CC(c3cccc(Cl)c3)=NO2)CN1C(=O)C(Cc1csc2ccccc12)NC=O)C(O[C@H](C)C[C@H](C)C(C)C)C(=O)NC1CC1. The van der Waals surface area contributed by atoms with E-state index in [0.29, 0.717) is 48.2 Å². The van der Waals surface area contributed by atoms with E-state index in [4.69, 9.17) is 21.2 Å². The number of nitrogens with zero attached hydrogens (tertiary/aromatic N) is 2. The molecule has 1 spiro atoms. The highest BCUT2D eigenvalue weighted by atomic mass is 35.5. The molecule has 13 heteroatoms. The first-order valence-corrected chi connectivity index (χ1v) is 20.9. The van der Waals surface area contributed by atoms with Gasteiger partial charge in [0.05, 0.1) is 24.4 Å². The number of amides is 4. The van der Waals surface area contributed by atoms with Crippen LogP contribution in [0.4, 0.5) is 0 Å². The summed E-state index contributed by atoms with van der Waals surface area (Å²) in [6.45, 7) is 10.6. The predicted molar refractivity (Wildman–Crippen MR) is 216 cm³/mol. The first-order valence-electron chi connectivity index (χ1n) is 19.6. The van der Waals surface area contributed by atoms with Gasteiger partial charge in [-0.1, -0.05) is 81.2 Å². The zero-order chi connectivity index (χ0) is 39.3. The fourth-order valence-corrected chi connectivity index (χ4v) is 8.87. The van der Waals surface area contributed by atoms with Crippen LogP contribution in [0.25, 0.3) is 10.1 Å². The summed E-state index contributed by atoms with van der Waals surface area (Å²) in [4.78, 5) is 62.8. The third kappa shape index (κ3) is 9.88. The van der Waals surface area contributed by atoms with Gasteiger partial charge >= 0.3 is 0 Å². The molecule has 1 aromatic heterocycles. The molecule has 5 unspecified atom stereocenters. The van der Waals surface area contributed by atoms with Gasteiger partial charge in [-0.25, -0.2) is 0 Å². The number of fused-ring (bicyclic) bond motifs is 1. The zero-order valence-corrected chi connectivity index (χ0v) is 34.0. The molecule has 2 aliphatic heterocycles. The standard InChI is InChI=1S/C42H54ClN5O6S/c1-6-10-33(38(40(51)45-31-15-16-31)53-27(5)17-26(4)25(2)3)46-39(50)36-21-42(20-35(47-54-42)28-11-9-12-30(43)18-28)23-48(36)41(52)34(44-24-49)19-29-22-55-37-14-8-7-13-32(29)37/h7-9,11-14,18,22,24-27,31,33-34,36,38H,6,10,15-17,19-21,23H2,1-5H3,(H,44,49)(H,45,51)(H,46,50)/t26-,27+,33?,34?,36?,38?,42?/m0/s1. The molecule has 1 aliphatic carbocycles. The van der Waals surface area contributed by atoms with Crippen LogP contribution >= 0.6 is 22.9 Å². The van der Waals surface area contributed by atoms with E-state index < -0.39 is 41.6 Å². The summed E-state index contributed by atoms with van der Waals surface area (Å²) in [7, 11) is 0. The second-order valence-corrected chi connectivity index (χ2v) is 17.3. The normalized spacial score (nSPS) is 22.1. The lowest BCUT2D eigenvalue weighted by Crippen LogP contribution is -2.58. The van der Waals surface area contributed by atoms with Crippen molar-refractivity contribution < 1.29 is 28.8 Å². The Hall–Kier alpha value is -4.00. The van der Waals surface area contributed by atoms with Crippen molar-refractivity contribution in [1.82, 2.24) is 20.9 Å². The third-order valence-corrected chi connectivity index (χ3v) is 12.5. The van der Waals surface area contributed by atoms with E-state index in [0.717, 1.165) is 40.5 Å². The Balaban J connectivity index is 1.28. The minimum absolute atomic E-state index is 0.0730. The number of hydrogen-bond donors (Lipinski definition) is 3. The average molecular weight is 792 g/mol. The van der Waals surface area contributed by atoms with Crippen molar-refractivity contribution in [2.45, 2.75) is 128 Å². The van der Waals surface area contributed by atoms with Crippen molar-refractivity contribution in [3.63, 3.8) is 0 Å². The summed E-state index contributed by atoms with van der Waals surface area (Å²) in [5.41, 5.74) is 1.40. The lowest BCUT2D eigenvalue weighted by molar-refractivity contribution is -0.144. The van der Waals surface area contributed by atoms with Crippen LogP contribution in [0.2, 0.25) is 5.02 Å². The van der Waals surface area contributed by atoms with Crippen LogP contribution in [0.15, 0.2) is 59.1 Å². The lowest BCUT2D eigenvalue weighted by atomic mass is 9.91. The van der Waals surface area contributed by atoms with Crippen molar-refractivity contribution in [2.75, 3.05) is 6.54 Å². The summed E-state index contributed by atoms with van der Waals surface area (Å²) in [6, 6.07) is 12.8. The number of hydrogen-bond acceptors (Lipinski definition) is 8. The lowest BCUT2D eigenvalue weighted by Gasteiger charge is -2.33. The Labute approximate surface area is 332 Å². The molecule has 4 amide bonds. The molecule has 3 aliphatic rings. The smallest absolute Gasteiger partial charge is 0.251 e. The molecule has 2 fully saturated rings. The fraction of sp³-hybridized carbons (Fsp3) is 0.548. The molecular weight excluding hydrogens is 738 g/mol. The first kappa shape index (κ1) is 40.7. The second kappa shape index (κ2) is 17.9. The van der Waals surface area contributed by atoms with Crippen molar-refractivity contribution in [1.29, 1.82) is 0 Å². The summed E-state index contributed by atoms with van der Waals surface area (Å²) < 4.78 is 7.61. The molecule has 1 saturated heterocycles. The van der Waals surface area contributed by atoms with Crippen LogP contribution in [0, 0.1) is 11.8 Å². The van der Waals surface area contributed by atoms with Gasteiger partial charge in [0.2, 0.25) is 18.2 Å². The number of likely N-dealkylation sites (tertiary alicyclic amines) is 1. The first-order chi connectivity index (χ1) is 26.4. The van der Waals surface area contributed by atoms with Gasteiger partial charge in [0, 0.05) is 40.6 Å². The topological polar surface area (TPSA) is 138 Å². The molecule has 3 aromatic rings. The molecular formula is C42H54ClN5O6S. The molecule has 296 valence electrons. The second-order valence-electron chi connectivity index (χ2n) is 16.0. The van der Waals surface area contributed by atoms with Crippen LogP contribution in [-0.2, 0) is 35.2 Å². The number of nitrogens with one attached hydrogen (secondary N) is 3. The Kier molecular flexibility index (Phi) is 13.2. The Morgan fingerprint density at radius 3 is 2.62 bits per heavy atom. The fourth-order valence-electron chi connectivity index (χ4n) is 7.70. The highest BCUT2D eigenvalue weighted by Crippen LogP contribution is 2.40. The summed E-state index contributed by atoms with van der Waals surface area (Å²) in [6.07, 6.45) is 3.92. The van der Waals surface area contributed by atoms with Crippen molar-refractivity contribution in [3.05, 3.63) is 70.1 Å². The molecule has 11 nitrogen and oxygen atoms in total. The quantitative estimate of drug-likeness (QED) is 0.128. The number of halogens is 1. The molecule has 7 atom stereocenters. The van der Waals surface area contributed by atoms with E-state index in [1.165, 1.54) is 4.90 Å². The van der Waals surface area contributed by atoms with Gasteiger partial charge in [-0.05, 0) is 79.0 Å². The molecule has 55 heavy (non-hydrogen) atoms. The van der Waals surface area contributed by atoms with Crippen LogP contribution in [-0.4, -0.2) is 83.3 Å². The van der Waals surface area contributed by atoms with E-state index in [1.807, 2.05) is 61.7 Å². The number of carbonyl (C=O) groups excluding carboxylic acids is 4. The summed E-state index contributed by atoms with van der Waals surface area (Å²) in [5, 5.41) is 17.0.